The van der Waals surface area contributed by atoms with E-state index >= 15 is 0 Å². The number of methoxy groups -OCH3 is 1. The molecule has 0 aliphatic carbocycles. The Kier molecular flexibility index (Phi) is 3.75. The number of rotatable bonds is 3. The summed E-state index contributed by atoms with van der Waals surface area (Å²) in [6.07, 6.45) is 0. The third kappa shape index (κ3) is 2.42. The molecule has 0 spiro atoms. The highest BCUT2D eigenvalue weighted by molar-refractivity contribution is 6.20. The second-order valence-electron chi connectivity index (χ2n) is 4.29. The number of esters is 1. The van der Waals surface area contributed by atoms with Crippen LogP contribution in [0.2, 0.25) is 0 Å². The van der Waals surface area contributed by atoms with Crippen LogP contribution in [0.25, 0.3) is 11.0 Å². The second-order valence-corrected chi connectivity index (χ2v) is 4.94. The molecule has 0 amide bonds. The number of hydrogen-bond donors (Lipinski definition) is 0. The average molecular weight is 285 g/mol. The van der Waals surface area contributed by atoms with Crippen LogP contribution < -0.4 is 0 Å². The van der Waals surface area contributed by atoms with E-state index in [-0.39, 0.29) is 5.82 Å². The average Bonchev–Trinajstić information content (AvgIpc) is 2.75. The van der Waals surface area contributed by atoms with Gasteiger partial charge < -0.3 is 9.30 Å². The molecule has 0 aliphatic heterocycles. The SMILES string of the molecule is COC(=O)C(C)n1c(C(C)Cl)nc2cc(F)ccc21. The van der Waals surface area contributed by atoms with Gasteiger partial charge in [-0.25, -0.2) is 14.2 Å². The lowest BCUT2D eigenvalue weighted by molar-refractivity contribution is -0.143. The molecule has 2 unspecified atom stereocenters. The summed E-state index contributed by atoms with van der Waals surface area (Å²) in [5.74, 6) is -0.265. The van der Waals surface area contributed by atoms with Crippen LogP contribution in [0, 0.1) is 5.82 Å². The van der Waals surface area contributed by atoms with Crippen molar-refractivity contribution in [3.8, 4) is 0 Å². The molecule has 2 rings (SSSR count). The van der Waals surface area contributed by atoms with Gasteiger partial charge in [0.2, 0.25) is 0 Å². The van der Waals surface area contributed by atoms with Crippen LogP contribution in [0.1, 0.15) is 31.1 Å². The highest BCUT2D eigenvalue weighted by Crippen LogP contribution is 2.28. The fourth-order valence-corrected chi connectivity index (χ4v) is 2.21. The van der Waals surface area contributed by atoms with Crippen LogP contribution in [0.5, 0.6) is 0 Å². The molecule has 0 bridgehead atoms. The highest BCUT2D eigenvalue weighted by atomic mass is 35.5. The van der Waals surface area contributed by atoms with Gasteiger partial charge in [0.25, 0.3) is 0 Å². The van der Waals surface area contributed by atoms with E-state index in [0.29, 0.717) is 16.9 Å². The van der Waals surface area contributed by atoms with Crippen molar-refractivity contribution in [1.29, 1.82) is 0 Å². The van der Waals surface area contributed by atoms with E-state index < -0.39 is 17.4 Å². The van der Waals surface area contributed by atoms with E-state index in [4.69, 9.17) is 16.3 Å². The molecular formula is C13H14ClFN2O2. The molecule has 0 N–H and O–H groups in total. The lowest BCUT2D eigenvalue weighted by atomic mass is 10.2. The van der Waals surface area contributed by atoms with Crippen molar-refractivity contribution >= 4 is 28.6 Å². The van der Waals surface area contributed by atoms with Gasteiger partial charge in [-0.2, -0.15) is 0 Å². The number of imidazole rings is 1. The Morgan fingerprint density at radius 1 is 1.47 bits per heavy atom. The quantitative estimate of drug-likeness (QED) is 0.642. The van der Waals surface area contributed by atoms with Crippen molar-refractivity contribution in [1.82, 2.24) is 9.55 Å². The molecule has 102 valence electrons. The van der Waals surface area contributed by atoms with E-state index in [9.17, 15) is 9.18 Å². The first-order valence-electron chi connectivity index (χ1n) is 5.85. The first-order valence-corrected chi connectivity index (χ1v) is 6.28. The molecule has 0 saturated heterocycles. The van der Waals surface area contributed by atoms with E-state index in [1.807, 2.05) is 0 Å². The predicted octanol–water partition coefficient (Wildman–Crippen LogP) is 3.21. The van der Waals surface area contributed by atoms with Gasteiger partial charge in [-0.15, -0.1) is 11.6 Å². The summed E-state index contributed by atoms with van der Waals surface area (Å²) in [5.41, 5.74) is 1.13. The molecule has 2 aromatic rings. The van der Waals surface area contributed by atoms with Gasteiger partial charge in [0.1, 0.15) is 17.7 Å². The molecule has 4 nitrogen and oxygen atoms in total. The Morgan fingerprint density at radius 3 is 2.74 bits per heavy atom. The number of carbonyl (C=O) groups excluding carboxylic acids is 1. The molecule has 1 heterocycles. The number of nitrogens with zero attached hydrogens (tertiary/aromatic N) is 2. The standard InChI is InChI=1S/C13H14ClFN2O2/c1-7(14)12-16-10-6-9(15)4-5-11(10)17(12)8(2)13(18)19-3/h4-8H,1-3H3. The number of aromatic nitrogens is 2. The maximum absolute atomic E-state index is 13.2. The third-order valence-corrected chi connectivity index (χ3v) is 3.16. The van der Waals surface area contributed by atoms with Gasteiger partial charge in [0, 0.05) is 6.07 Å². The zero-order valence-corrected chi connectivity index (χ0v) is 11.6. The van der Waals surface area contributed by atoms with Crippen LogP contribution in [0.4, 0.5) is 4.39 Å². The molecule has 0 aliphatic rings. The first kappa shape index (κ1) is 13.8. The molecule has 0 fully saturated rings. The Morgan fingerprint density at radius 2 is 2.16 bits per heavy atom. The van der Waals surface area contributed by atoms with Crippen molar-refractivity contribution in [3.63, 3.8) is 0 Å². The van der Waals surface area contributed by atoms with Crippen LogP contribution in [-0.2, 0) is 9.53 Å². The lowest BCUT2D eigenvalue weighted by Gasteiger charge is -2.16. The minimum atomic E-state index is -0.573. The number of ether oxygens (including phenoxy) is 1. The van der Waals surface area contributed by atoms with E-state index in [2.05, 4.69) is 4.98 Å². The molecule has 2 atom stereocenters. The van der Waals surface area contributed by atoms with Crippen molar-refractivity contribution in [2.45, 2.75) is 25.3 Å². The minimum Gasteiger partial charge on any atom is -0.467 e. The Bertz CT molecular complexity index is 624. The number of fused-ring (bicyclic) bond motifs is 1. The molecule has 1 aromatic heterocycles. The summed E-state index contributed by atoms with van der Waals surface area (Å²) >= 11 is 6.08. The zero-order chi connectivity index (χ0) is 14.2. The number of halogens is 2. The largest absolute Gasteiger partial charge is 0.467 e. The fraction of sp³-hybridized carbons (Fsp3) is 0.385. The zero-order valence-electron chi connectivity index (χ0n) is 10.9. The molecule has 0 radical (unpaired) electrons. The van der Waals surface area contributed by atoms with Gasteiger partial charge in [0.05, 0.1) is 23.5 Å². The van der Waals surface area contributed by atoms with E-state index in [1.54, 1.807) is 24.5 Å². The lowest BCUT2D eigenvalue weighted by Crippen LogP contribution is -2.20. The number of benzene rings is 1. The van der Waals surface area contributed by atoms with Gasteiger partial charge in [-0.05, 0) is 26.0 Å². The second kappa shape index (κ2) is 5.17. The Balaban J connectivity index is 2.68. The van der Waals surface area contributed by atoms with Crippen molar-refractivity contribution in [3.05, 3.63) is 29.8 Å². The van der Waals surface area contributed by atoms with Crippen LogP contribution in [0.3, 0.4) is 0 Å². The topological polar surface area (TPSA) is 44.1 Å². The van der Waals surface area contributed by atoms with E-state index in [1.165, 1.54) is 19.2 Å². The molecule has 19 heavy (non-hydrogen) atoms. The summed E-state index contributed by atoms with van der Waals surface area (Å²) in [6, 6.07) is 3.66. The summed E-state index contributed by atoms with van der Waals surface area (Å²) in [6.45, 7) is 3.44. The number of hydrogen-bond acceptors (Lipinski definition) is 3. The third-order valence-electron chi connectivity index (χ3n) is 2.96. The molecule has 6 heteroatoms. The normalized spacial score (nSPS) is 14.4. The summed E-state index contributed by atoms with van der Waals surface area (Å²) in [5, 5.41) is -0.400. The minimum absolute atomic E-state index is 0.378. The summed E-state index contributed by atoms with van der Waals surface area (Å²) in [7, 11) is 1.32. The summed E-state index contributed by atoms with van der Waals surface area (Å²) in [4.78, 5) is 16.0. The first-order chi connectivity index (χ1) is 8.95. The van der Waals surface area contributed by atoms with E-state index in [0.717, 1.165) is 0 Å². The van der Waals surface area contributed by atoms with Crippen molar-refractivity contribution < 1.29 is 13.9 Å². The van der Waals surface area contributed by atoms with Gasteiger partial charge in [-0.3, -0.25) is 0 Å². The maximum atomic E-state index is 13.2. The van der Waals surface area contributed by atoms with Crippen LogP contribution in [0.15, 0.2) is 18.2 Å². The van der Waals surface area contributed by atoms with Gasteiger partial charge in [-0.1, -0.05) is 0 Å². The Labute approximate surface area is 115 Å². The van der Waals surface area contributed by atoms with Gasteiger partial charge >= 0.3 is 5.97 Å². The summed E-state index contributed by atoms with van der Waals surface area (Å²) < 4.78 is 19.6. The molecule has 0 saturated carbocycles. The maximum Gasteiger partial charge on any atom is 0.328 e. The smallest absolute Gasteiger partial charge is 0.328 e. The number of carbonyl (C=O) groups is 1. The monoisotopic (exact) mass is 284 g/mol. The highest BCUT2D eigenvalue weighted by Gasteiger charge is 2.24. The predicted molar refractivity (Wildman–Crippen MR) is 70.7 cm³/mol. The van der Waals surface area contributed by atoms with Gasteiger partial charge in [0.15, 0.2) is 0 Å². The number of alkyl halides is 1. The fourth-order valence-electron chi connectivity index (χ4n) is 2.05. The molecular weight excluding hydrogens is 271 g/mol. The van der Waals surface area contributed by atoms with Crippen LogP contribution >= 0.6 is 11.6 Å². The van der Waals surface area contributed by atoms with Crippen molar-refractivity contribution in [2.75, 3.05) is 7.11 Å². The molecule has 1 aromatic carbocycles. The Hall–Kier alpha value is -1.62. The van der Waals surface area contributed by atoms with Crippen LogP contribution in [-0.4, -0.2) is 22.6 Å². The van der Waals surface area contributed by atoms with Crippen molar-refractivity contribution in [2.24, 2.45) is 0 Å².